The Labute approximate surface area is 176 Å². The summed E-state index contributed by atoms with van der Waals surface area (Å²) >= 11 is 2.01. The highest BCUT2D eigenvalue weighted by Gasteiger charge is 2.25. The van der Waals surface area contributed by atoms with Crippen LogP contribution < -0.4 is 50.9 Å². The number of benzene rings is 1. The topological polar surface area (TPSA) is 106 Å². The molecule has 0 aliphatic heterocycles. The van der Waals surface area contributed by atoms with Crippen molar-refractivity contribution in [3.8, 4) is 6.07 Å². The van der Waals surface area contributed by atoms with Crippen molar-refractivity contribution in [2.24, 2.45) is 5.92 Å². The monoisotopic (exact) mass is 483 g/mol. The van der Waals surface area contributed by atoms with Crippen LogP contribution in [0.4, 0.5) is 17.1 Å². The van der Waals surface area contributed by atoms with Gasteiger partial charge in [-0.25, -0.2) is 3.06 Å². The van der Waals surface area contributed by atoms with E-state index in [0.29, 0.717) is 35.1 Å². The molecule has 1 radical (unpaired) electrons. The Bertz CT molecular complexity index is 658. The first kappa shape index (κ1) is 20.5. The molecule has 2 aliphatic carbocycles. The average Bonchev–Trinajstić information content (AvgIpc) is 2.69. The van der Waals surface area contributed by atoms with Crippen molar-refractivity contribution in [3.05, 3.63) is 20.8 Å². The number of anilines is 3. The Hall–Kier alpha value is -1.24. The van der Waals surface area contributed by atoms with Crippen LogP contribution in [-0.4, -0.2) is 12.1 Å². The quantitative estimate of drug-likeness (QED) is 0.236. The lowest BCUT2D eigenvalue weighted by Crippen LogP contribution is -3.28. The molecular weight excluding hydrogens is 451 g/mol. The maximum atomic E-state index is 5.99. The minimum atomic E-state index is 0.507. The molecule has 0 heterocycles. The van der Waals surface area contributed by atoms with Crippen molar-refractivity contribution in [1.29, 1.82) is 0 Å². The molecule has 2 aliphatic rings. The molecule has 0 aromatic heterocycles. The molecule has 0 bridgehead atoms. The zero-order valence-electron chi connectivity index (χ0n) is 15.9. The maximum absolute atomic E-state index is 5.99. The van der Waals surface area contributed by atoms with E-state index in [-0.39, 0.29) is 0 Å². The van der Waals surface area contributed by atoms with Crippen LogP contribution >= 0.6 is 0 Å². The minimum absolute atomic E-state index is 0.507. The number of nitrogen functional groups attached to an aromatic ring is 3. The van der Waals surface area contributed by atoms with Crippen molar-refractivity contribution in [1.82, 2.24) is 10.9 Å². The summed E-state index contributed by atoms with van der Waals surface area (Å²) in [6, 6.07) is 8.23. The normalized spacial score (nSPS) is 28.3. The average molecular weight is 483 g/mol. The summed E-state index contributed by atoms with van der Waals surface area (Å²) in [5, 5.41) is 0. The molecule has 7 heteroatoms. The van der Waals surface area contributed by atoms with Gasteiger partial charge in [-0.1, -0.05) is 0 Å². The van der Waals surface area contributed by atoms with E-state index in [1.165, 1.54) is 31.2 Å². The largest absolute Gasteiger partial charge is 0.397 e. The van der Waals surface area contributed by atoms with Gasteiger partial charge in [0.05, 0.1) is 23.5 Å². The highest BCUT2D eigenvalue weighted by atomic mass is 127. The van der Waals surface area contributed by atoms with Crippen LogP contribution in [0.25, 0.3) is 3.06 Å². The molecule has 1 aromatic carbocycles. The number of rotatable bonds is 5. The van der Waals surface area contributed by atoms with Gasteiger partial charge in [0.1, 0.15) is 0 Å². The van der Waals surface area contributed by atoms with Crippen LogP contribution in [0.2, 0.25) is 0 Å². The standard InChI is InChI=1S/C20H32IN6/c21-25-10-9-13-1-5-16(6-2-13)26-27-17-7-3-14(4-8-17)15-11-18(22)20(24)19(23)12-15/h11-14,16-17,26-27H,1-9,22-24H2. The molecule has 0 spiro atoms. The summed E-state index contributed by atoms with van der Waals surface area (Å²) in [5.74, 6) is 1.29. The predicted molar refractivity (Wildman–Crippen MR) is 109 cm³/mol. The third-order valence-corrected chi connectivity index (χ3v) is 6.58. The van der Waals surface area contributed by atoms with Crippen LogP contribution in [0.3, 0.4) is 0 Å². The number of hydrogen-bond donors (Lipinski definition) is 5. The lowest BCUT2D eigenvalue weighted by Gasteiger charge is -2.33. The summed E-state index contributed by atoms with van der Waals surface area (Å²) in [6.45, 7) is 0. The van der Waals surface area contributed by atoms with E-state index in [1.807, 2.05) is 35.0 Å². The minimum Gasteiger partial charge on any atom is -0.397 e. The fourth-order valence-corrected chi connectivity index (χ4v) is 4.64. The summed E-state index contributed by atoms with van der Waals surface area (Å²) < 4.78 is 3.96. The van der Waals surface area contributed by atoms with Crippen molar-refractivity contribution in [2.75, 3.05) is 17.2 Å². The fraction of sp³-hybridized carbons (Fsp3) is 0.650. The third kappa shape index (κ3) is 5.62. The second kappa shape index (κ2) is 9.80. The lowest BCUT2D eigenvalue weighted by atomic mass is 9.81. The predicted octanol–water partition coefficient (Wildman–Crippen LogP) is 0.304. The van der Waals surface area contributed by atoms with E-state index in [4.69, 9.17) is 17.2 Å². The highest BCUT2D eigenvalue weighted by Crippen LogP contribution is 2.36. The van der Waals surface area contributed by atoms with Crippen molar-refractivity contribution < 1.29 is 22.9 Å². The first-order valence-electron chi connectivity index (χ1n) is 10.1. The molecule has 27 heavy (non-hydrogen) atoms. The Morgan fingerprint density at radius 3 is 1.93 bits per heavy atom. The van der Waals surface area contributed by atoms with E-state index in [0.717, 1.165) is 38.0 Å². The van der Waals surface area contributed by atoms with Gasteiger partial charge >= 0.3 is 0 Å². The van der Waals surface area contributed by atoms with Crippen LogP contribution in [0.15, 0.2) is 12.1 Å². The Morgan fingerprint density at radius 2 is 1.41 bits per heavy atom. The SMILES string of the molecule is Nc1cc(C2CCC(NNC3CCC(CC#[N+][I-])CC3)CC2)cc(N)c1N. The molecule has 0 unspecified atom stereocenters. The zero-order valence-corrected chi connectivity index (χ0v) is 18.0. The van der Waals surface area contributed by atoms with E-state index >= 15 is 0 Å². The molecule has 2 saturated carbocycles. The van der Waals surface area contributed by atoms with Gasteiger partial charge < -0.3 is 17.2 Å². The van der Waals surface area contributed by atoms with E-state index < -0.39 is 0 Å². The maximum Gasteiger partial charge on any atom is 0.235 e. The molecule has 8 N–H and O–H groups in total. The number of nitrogens with one attached hydrogen (secondary N) is 2. The number of halogens is 1. The van der Waals surface area contributed by atoms with Crippen LogP contribution in [0.1, 0.15) is 69.3 Å². The van der Waals surface area contributed by atoms with Crippen molar-refractivity contribution in [3.63, 3.8) is 0 Å². The second-order valence-corrected chi connectivity index (χ2v) is 8.60. The van der Waals surface area contributed by atoms with Gasteiger partial charge in [-0.3, -0.25) is 10.9 Å². The van der Waals surface area contributed by atoms with Gasteiger partial charge in [-0.05, 0) is 80.9 Å². The smallest absolute Gasteiger partial charge is 0.235 e. The first-order valence-corrected chi connectivity index (χ1v) is 11.0. The van der Waals surface area contributed by atoms with Gasteiger partial charge in [-0.15, -0.1) is 0 Å². The van der Waals surface area contributed by atoms with E-state index in [9.17, 15) is 0 Å². The van der Waals surface area contributed by atoms with Crippen LogP contribution in [-0.2, 0) is 0 Å². The van der Waals surface area contributed by atoms with Crippen molar-refractivity contribution in [2.45, 2.75) is 75.8 Å². The van der Waals surface area contributed by atoms with Gasteiger partial charge in [0.15, 0.2) is 0 Å². The molecule has 6 nitrogen and oxygen atoms in total. The summed E-state index contributed by atoms with van der Waals surface area (Å²) in [6.07, 6.45) is 10.7. The summed E-state index contributed by atoms with van der Waals surface area (Å²) in [7, 11) is 0. The van der Waals surface area contributed by atoms with Crippen LogP contribution in [0, 0.1) is 12.0 Å². The Balaban J connectivity index is 1.39. The molecule has 0 saturated heterocycles. The van der Waals surface area contributed by atoms with Gasteiger partial charge in [-0.2, -0.15) is 22.9 Å². The molecule has 0 atom stereocenters. The van der Waals surface area contributed by atoms with Gasteiger partial charge in [0, 0.05) is 12.1 Å². The molecule has 3 rings (SSSR count). The molecule has 149 valence electrons. The molecule has 0 amide bonds. The highest BCUT2D eigenvalue weighted by molar-refractivity contribution is 5.78. The number of hydrogen-bond acceptors (Lipinski definition) is 5. The lowest BCUT2D eigenvalue weighted by molar-refractivity contribution is -0.282. The van der Waals surface area contributed by atoms with Gasteiger partial charge in [0.2, 0.25) is 6.07 Å². The first-order chi connectivity index (χ1) is 13.1. The number of nitrogens with zero attached hydrogens (tertiary/aromatic N) is 1. The second-order valence-electron chi connectivity index (χ2n) is 8.11. The van der Waals surface area contributed by atoms with Crippen LogP contribution in [0.5, 0.6) is 0 Å². The Morgan fingerprint density at radius 1 is 0.889 bits per heavy atom. The number of hydrazine groups is 1. The van der Waals surface area contributed by atoms with Crippen molar-refractivity contribution >= 4 is 17.1 Å². The Kier molecular flexibility index (Phi) is 7.44. The summed E-state index contributed by atoms with van der Waals surface area (Å²) in [5.41, 5.74) is 28.0. The third-order valence-electron chi connectivity index (χ3n) is 6.24. The number of nitrogens with two attached hydrogens (primary N) is 3. The zero-order chi connectivity index (χ0) is 19.2. The molecular formula is C20H32IN6. The van der Waals surface area contributed by atoms with E-state index in [2.05, 4.69) is 20.0 Å². The summed E-state index contributed by atoms with van der Waals surface area (Å²) in [4.78, 5) is 0. The molecule has 2 fully saturated rings. The van der Waals surface area contributed by atoms with E-state index in [1.54, 1.807) is 0 Å². The molecule has 1 aromatic rings. The van der Waals surface area contributed by atoms with Gasteiger partial charge in [0.25, 0.3) is 0 Å². The fourth-order valence-electron chi connectivity index (χ4n) is 4.44.